The molecule has 0 spiro atoms. The Morgan fingerprint density at radius 3 is 2.65 bits per heavy atom. The van der Waals surface area contributed by atoms with Gasteiger partial charge in [0.25, 0.3) is 0 Å². The first-order chi connectivity index (χ1) is 16.3. The summed E-state index contributed by atoms with van der Waals surface area (Å²) in [5, 5.41) is 7.40. The molecule has 5 rings (SSSR count). The van der Waals surface area contributed by atoms with Gasteiger partial charge in [0.05, 0.1) is 5.69 Å². The van der Waals surface area contributed by atoms with Crippen LogP contribution in [-0.2, 0) is 21.5 Å². The van der Waals surface area contributed by atoms with Gasteiger partial charge < -0.3 is 24.2 Å². The van der Waals surface area contributed by atoms with Gasteiger partial charge in [-0.2, -0.15) is 0 Å². The first-order valence-corrected chi connectivity index (χ1v) is 12.2. The summed E-state index contributed by atoms with van der Waals surface area (Å²) < 4.78 is 16.7. The smallest absolute Gasteiger partial charge is 0.410 e. The maximum atomic E-state index is 12.7. The van der Waals surface area contributed by atoms with Crippen molar-refractivity contribution in [1.82, 2.24) is 15.4 Å². The molecule has 3 fully saturated rings. The van der Waals surface area contributed by atoms with Crippen LogP contribution in [-0.4, -0.2) is 47.5 Å². The lowest BCUT2D eigenvalue weighted by Crippen LogP contribution is -2.41. The molecule has 2 amide bonds. The van der Waals surface area contributed by atoms with E-state index in [1.807, 2.05) is 51.1 Å². The van der Waals surface area contributed by atoms with E-state index in [-0.39, 0.29) is 24.0 Å². The normalized spacial score (nSPS) is 25.9. The lowest BCUT2D eigenvalue weighted by molar-refractivity contribution is 0.0206. The Morgan fingerprint density at radius 1 is 1.18 bits per heavy atom. The van der Waals surface area contributed by atoms with Crippen molar-refractivity contribution >= 4 is 12.2 Å². The first-order valence-electron chi connectivity index (χ1n) is 12.2. The molecule has 2 saturated carbocycles. The fraction of sp³-hybridized carbons (Fsp3) is 0.577. The van der Waals surface area contributed by atoms with E-state index in [1.165, 1.54) is 0 Å². The van der Waals surface area contributed by atoms with Gasteiger partial charge in [0.2, 0.25) is 0 Å². The fourth-order valence-electron chi connectivity index (χ4n) is 5.26. The number of likely N-dealkylation sites (tertiary alicyclic amines) is 1. The zero-order chi connectivity index (χ0) is 23.9. The third kappa shape index (κ3) is 4.63. The van der Waals surface area contributed by atoms with Crippen molar-refractivity contribution in [2.24, 2.45) is 11.8 Å². The molecular weight excluding hydrogens is 434 g/mol. The molecule has 1 N–H and O–H groups in total. The largest absolute Gasteiger partial charge is 0.445 e. The molecule has 0 bridgehead atoms. The molecule has 1 aromatic carbocycles. The van der Waals surface area contributed by atoms with E-state index in [9.17, 15) is 9.59 Å². The van der Waals surface area contributed by atoms with Crippen molar-refractivity contribution < 1.29 is 23.6 Å². The molecule has 3 atom stereocenters. The van der Waals surface area contributed by atoms with Gasteiger partial charge in [0.1, 0.15) is 18.0 Å². The van der Waals surface area contributed by atoms with Crippen molar-refractivity contribution in [2.45, 2.75) is 63.6 Å². The monoisotopic (exact) mass is 467 g/mol. The van der Waals surface area contributed by atoms with Crippen LogP contribution in [0.5, 0.6) is 0 Å². The summed E-state index contributed by atoms with van der Waals surface area (Å²) in [4.78, 5) is 27.0. The minimum atomic E-state index is -0.538. The molecule has 2 aliphatic carbocycles. The predicted molar refractivity (Wildman–Crippen MR) is 124 cm³/mol. The number of hydrogen-bond acceptors (Lipinski definition) is 6. The van der Waals surface area contributed by atoms with Crippen LogP contribution >= 0.6 is 0 Å². The molecule has 3 aliphatic rings. The number of fused-ring (bicyclic) bond motifs is 1. The summed E-state index contributed by atoms with van der Waals surface area (Å²) >= 11 is 0. The molecule has 0 radical (unpaired) electrons. The van der Waals surface area contributed by atoms with Gasteiger partial charge in [0, 0.05) is 37.0 Å². The van der Waals surface area contributed by atoms with Crippen molar-refractivity contribution in [2.75, 3.05) is 19.6 Å². The van der Waals surface area contributed by atoms with Crippen LogP contribution < -0.4 is 5.32 Å². The lowest BCUT2D eigenvalue weighted by atomic mass is 9.96. The standard InChI is InChI=1S/C26H33N3O5/c1-25(2,3)33-24(31)29-12-11-19-20(14-29)26(19,22-13-21(34-28-22)18-9-10-18)16-27-23(30)32-15-17-7-5-4-6-8-17/h4-8,13,18-20H,9-12,14-16H2,1-3H3,(H,27,30). The van der Waals surface area contributed by atoms with Gasteiger partial charge in [-0.15, -0.1) is 0 Å². The SMILES string of the molecule is CC(C)(C)OC(=O)N1CCC2C(C1)C2(CNC(=O)OCc1ccccc1)c1cc(C2CC2)on1. The number of alkyl carbamates (subject to hydrolysis) is 1. The molecule has 182 valence electrons. The maximum absolute atomic E-state index is 12.7. The Bertz CT molecular complexity index is 1040. The first kappa shape index (κ1) is 22.7. The van der Waals surface area contributed by atoms with Crippen LogP contribution in [0.15, 0.2) is 40.9 Å². The van der Waals surface area contributed by atoms with Crippen LogP contribution in [0.4, 0.5) is 9.59 Å². The molecule has 8 nitrogen and oxygen atoms in total. The second-order valence-electron chi connectivity index (χ2n) is 10.8. The fourth-order valence-corrected chi connectivity index (χ4v) is 5.26. The van der Waals surface area contributed by atoms with E-state index in [1.54, 1.807) is 4.90 Å². The van der Waals surface area contributed by atoms with Gasteiger partial charge in [-0.05, 0) is 57.4 Å². The molecule has 34 heavy (non-hydrogen) atoms. The van der Waals surface area contributed by atoms with E-state index in [0.717, 1.165) is 36.3 Å². The van der Waals surface area contributed by atoms with E-state index in [2.05, 4.69) is 16.5 Å². The van der Waals surface area contributed by atoms with Crippen LogP contribution in [0.3, 0.4) is 0 Å². The zero-order valence-corrected chi connectivity index (χ0v) is 20.1. The predicted octanol–water partition coefficient (Wildman–Crippen LogP) is 4.60. The number of amides is 2. The Labute approximate surface area is 200 Å². The van der Waals surface area contributed by atoms with Gasteiger partial charge in [-0.1, -0.05) is 35.5 Å². The maximum Gasteiger partial charge on any atom is 0.410 e. The topological polar surface area (TPSA) is 93.9 Å². The number of benzene rings is 1. The number of carbonyl (C=O) groups excluding carboxylic acids is 2. The number of aromatic nitrogens is 1. The van der Waals surface area contributed by atoms with E-state index in [4.69, 9.17) is 14.0 Å². The van der Waals surface area contributed by atoms with Gasteiger partial charge in [0.15, 0.2) is 0 Å². The molecule has 1 aliphatic heterocycles. The number of ether oxygens (including phenoxy) is 2. The quantitative estimate of drug-likeness (QED) is 0.667. The molecule has 1 aromatic heterocycles. The van der Waals surface area contributed by atoms with Crippen molar-refractivity contribution in [3.63, 3.8) is 0 Å². The number of carbonyl (C=O) groups is 2. The number of nitrogens with one attached hydrogen (secondary N) is 1. The highest BCUT2D eigenvalue weighted by Crippen LogP contribution is 2.63. The average Bonchev–Trinajstić information content (AvgIpc) is 3.71. The van der Waals surface area contributed by atoms with Gasteiger partial charge >= 0.3 is 12.2 Å². The third-order valence-corrected chi connectivity index (χ3v) is 7.20. The molecule has 2 heterocycles. The molecule has 2 aromatic rings. The Balaban J connectivity index is 1.27. The molecular formula is C26H33N3O5. The summed E-state index contributed by atoms with van der Waals surface area (Å²) in [6.45, 7) is 7.44. The molecule has 3 unspecified atom stereocenters. The van der Waals surface area contributed by atoms with Crippen molar-refractivity contribution in [3.8, 4) is 0 Å². The summed E-state index contributed by atoms with van der Waals surface area (Å²) in [5.74, 6) is 1.88. The Hall–Kier alpha value is -3.03. The minimum absolute atomic E-state index is 0.181. The van der Waals surface area contributed by atoms with E-state index >= 15 is 0 Å². The third-order valence-electron chi connectivity index (χ3n) is 7.20. The highest BCUT2D eigenvalue weighted by atomic mass is 16.6. The highest BCUT2D eigenvalue weighted by Gasteiger charge is 2.68. The van der Waals surface area contributed by atoms with Crippen LogP contribution in [0.25, 0.3) is 0 Å². The van der Waals surface area contributed by atoms with E-state index in [0.29, 0.717) is 31.5 Å². The summed E-state index contributed by atoms with van der Waals surface area (Å²) in [5.41, 5.74) is 0.910. The lowest BCUT2D eigenvalue weighted by Gasteiger charge is -2.29. The van der Waals surface area contributed by atoms with Gasteiger partial charge in [-0.25, -0.2) is 9.59 Å². The average molecular weight is 468 g/mol. The van der Waals surface area contributed by atoms with Crippen molar-refractivity contribution in [1.29, 1.82) is 0 Å². The number of rotatable bonds is 6. The number of nitrogens with zero attached hydrogens (tertiary/aromatic N) is 2. The Kier molecular flexibility index (Phi) is 5.78. The number of piperidine rings is 1. The second kappa shape index (κ2) is 8.64. The van der Waals surface area contributed by atoms with Crippen LogP contribution in [0.2, 0.25) is 0 Å². The zero-order valence-electron chi connectivity index (χ0n) is 20.1. The summed E-state index contributed by atoms with van der Waals surface area (Å²) in [6, 6.07) is 11.7. The van der Waals surface area contributed by atoms with Crippen LogP contribution in [0.1, 0.15) is 63.0 Å². The number of hydrogen-bond donors (Lipinski definition) is 1. The summed E-state index contributed by atoms with van der Waals surface area (Å²) in [7, 11) is 0. The van der Waals surface area contributed by atoms with Gasteiger partial charge in [-0.3, -0.25) is 0 Å². The summed E-state index contributed by atoms with van der Waals surface area (Å²) in [6.07, 6.45) is 2.34. The molecule has 1 saturated heterocycles. The van der Waals surface area contributed by atoms with E-state index < -0.39 is 11.7 Å². The van der Waals surface area contributed by atoms with Crippen molar-refractivity contribution in [3.05, 3.63) is 53.4 Å². The van der Waals surface area contributed by atoms with Crippen LogP contribution in [0, 0.1) is 11.8 Å². The molecule has 8 heteroatoms. The second-order valence-corrected chi connectivity index (χ2v) is 10.8. The highest BCUT2D eigenvalue weighted by molar-refractivity contribution is 5.69. The minimum Gasteiger partial charge on any atom is -0.445 e. The Morgan fingerprint density at radius 2 is 1.94 bits per heavy atom.